The molecule has 0 bridgehead atoms. The second kappa shape index (κ2) is 10.3. The summed E-state index contributed by atoms with van der Waals surface area (Å²) in [5.74, 6) is -5.34. The molecule has 1 fully saturated rings. The van der Waals surface area contributed by atoms with Crippen molar-refractivity contribution >= 4 is 40.5 Å². The Hall–Kier alpha value is -2.96. The lowest BCUT2D eigenvalue weighted by atomic mass is 10.2. The van der Waals surface area contributed by atoms with Crippen LogP contribution in [0.4, 0.5) is 32.2 Å². The first-order chi connectivity index (χ1) is 14.9. The van der Waals surface area contributed by atoms with E-state index in [1.54, 1.807) is 4.57 Å². The summed E-state index contributed by atoms with van der Waals surface area (Å²) in [5, 5.41) is 34.0. The first-order valence-electron chi connectivity index (χ1n) is 8.25. The molecule has 2 aromatic rings. The molecule has 0 spiro atoms. The lowest BCUT2D eigenvalue weighted by Crippen LogP contribution is -2.35. The van der Waals surface area contributed by atoms with Crippen LogP contribution in [0.1, 0.15) is 12.5 Å². The van der Waals surface area contributed by atoms with Crippen molar-refractivity contribution in [2.24, 2.45) is 5.73 Å². The van der Waals surface area contributed by atoms with Gasteiger partial charge < -0.3 is 36.5 Å². The molecule has 1 aliphatic carbocycles. The number of fused-ring (bicyclic) bond motifs is 1. The molecule has 19 heteroatoms. The zero-order valence-corrected chi connectivity index (χ0v) is 16.5. The summed E-state index contributed by atoms with van der Waals surface area (Å²) in [6.45, 7) is 0. The molecule has 1 saturated carbocycles. The molecule has 0 amide bonds. The molecular formula is C14H15ClF6N6O6. The summed E-state index contributed by atoms with van der Waals surface area (Å²) in [7, 11) is 0. The van der Waals surface area contributed by atoms with Crippen LogP contribution in [0.5, 0.6) is 0 Å². The van der Waals surface area contributed by atoms with E-state index in [-0.39, 0.29) is 11.1 Å². The summed E-state index contributed by atoms with van der Waals surface area (Å²) in [5.41, 5.74) is 12.3. The molecule has 0 aromatic carbocycles. The molecule has 0 radical (unpaired) electrons. The van der Waals surface area contributed by atoms with E-state index in [9.17, 15) is 36.6 Å². The number of aliphatic hydroxyl groups is 2. The van der Waals surface area contributed by atoms with Gasteiger partial charge in [0, 0.05) is 6.04 Å². The lowest BCUT2D eigenvalue weighted by Gasteiger charge is -2.17. The molecule has 0 unspecified atom stereocenters. The van der Waals surface area contributed by atoms with E-state index >= 15 is 0 Å². The minimum absolute atomic E-state index is 0.00378. The number of nitrogens with zero attached hydrogens (tertiary/aromatic N) is 4. The van der Waals surface area contributed by atoms with Crippen molar-refractivity contribution in [3.63, 3.8) is 0 Å². The van der Waals surface area contributed by atoms with Crippen LogP contribution in [0.15, 0.2) is 6.33 Å². The monoisotopic (exact) mass is 512 g/mol. The van der Waals surface area contributed by atoms with Crippen LogP contribution >= 0.6 is 11.6 Å². The van der Waals surface area contributed by atoms with Gasteiger partial charge in [0.2, 0.25) is 5.28 Å². The number of halogens is 7. The van der Waals surface area contributed by atoms with Crippen LogP contribution < -0.4 is 11.5 Å². The average Bonchev–Trinajstić information content (AvgIpc) is 3.17. The number of nitrogens with two attached hydrogens (primary N) is 2. The van der Waals surface area contributed by atoms with Crippen LogP contribution in [-0.4, -0.2) is 82.5 Å². The average molecular weight is 513 g/mol. The Labute approximate surface area is 183 Å². The van der Waals surface area contributed by atoms with Crippen LogP contribution in [0.2, 0.25) is 5.28 Å². The minimum atomic E-state index is -5.08. The Morgan fingerprint density at radius 2 is 1.48 bits per heavy atom. The largest absolute Gasteiger partial charge is 0.490 e. The zero-order valence-electron chi connectivity index (χ0n) is 15.8. The maximum atomic E-state index is 10.6. The van der Waals surface area contributed by atoms with Gasteiger partial charge in [-0.3, -0.25) is 0 Å². The standard InChI is InChI=1S/C10H13ClN6O2.2C2HF3O2/c11-10-15-8(13)5-9(16-10)17(2-14-5)4-1-3(12)6(18)7(4)19;2*3-2(4,5)1(6)7/h2-4,6-7,18-19H,1,12H2,(H2,13,15,16);2*(H,6,7)/t3-,4+,6+,7-;;/m0../s1. The number of aromatic nitrogens is 4. The van der Waals surface area contributed by atoms with E-state index in [0.29, 0.717) is 17.6 Å². The fourth-order valence-electron chi connectivity index (χ4n) is 2.47. The predicted octanol–water partition coefficient (Wildman–Crippen LogP) is 0.322. The van der Waals surface area contributed by atoms with Gasteiger partial charge in [-0.25, -0.2) is 14.6 Å². The van der Waals surface area contributed by atoms with Gasteiger partial charge in [0.25, 0.3) is 0 Å². The number of aliphatic carboxylic acids is 2. The number of anilines is 1. The van der Waals surface area contributed by atoms with Gasteiger partial charge in [0.05, 0.1) is 18.5 Å². The molecule has 8 N–H and O–H groups in total. The smallest absolute Gasteiger partial charge is 0.475 e. The van der Waals surface area contributed by atoms with Crippen LogP contribution in [0.25, 0.3) is 11.2 Å². The second-order valence-corrected chi connectivity index (χ2v) is 6.59. The Morgan fingerprint density at radius 1 is 1.03 bits per heavy atom. The molecule has 1 aliphatic rings. The maximum Gasteiger partial charge on any atom is 0.490 e. The Morgan fingerprint density at radius 3 is 1.85 bits per heavy atom. The number of imidazole rings is 1. The lowest BCUT2D eigenvalue weighted by molar-refractivity contribution is -0.193. The van der Waals surface area contributed by atoms with E-state index in [1.807, 2.05) is 0 Å². The first kappa shape index (κ1) is 28.1. The second-order valence-electron chi connectivity index (χ2n) is 6.26. The van der Waals surface area contributed by atoms with Gasteiger partial charge in [-0.15, -0.1) is 0 Å². The third-order valence-electron chi connectivity index (χ3n) is 3.96. The van der Waals surface area contributed by atoms with E-state index in [1.165, 1.54) is 6.33 Å². The van der Waals surface area contributed by atoms with Crippen molar-refractivity contribution < 1.29 is 56.4 Å². The van der Waals surface area contributed by atoms with Gasteiger partial charge in [-0.1, -0.05) is 0 Å². The van der Waals surface area contributed by atoms with Crippen LogP contribution in [0.3, 0.4) is 0 Å². The van der Waals surface area contributed by atoms with Crippen molar-refractivity contribution in [2.45, 2.75) is 43.1 Å². The van der Waals surface area contributed by atoms with E-state index in [4.69, 9.17) is 42.9 Å². The summed E-state index contributed by atoms with van der Waals surface area (Å²) in [6.07, 6.45) is -10.2. The van der Waals surface area contributed by atoms with Crippen molar-refractivity contribution in [3.8, 4) is 0 Å². The number of hydrogen-bond acceptors (Lipinski definition) is 9. The molecule has 0 aliphatic heterocycles. The molecule has 186 valence electrons. The Balaban J connectivity index is 0.000000324. The summed E-state index contributed by atoms with van der Waals surface area (Å²) >= 11 is 5.77. The van der Waals surface area contributed by atoms with Crippen LogP contribution in [0, 0.1) is 0 Å². The Bertz CT molecular complexity index is 977. The molecule has 2 aromatic heterocycles. The molecule has 33 heavy (non-hydrogen) atoms. The van der Waals surface area contributed by atoms with Gasteiger partial charge >= 0.3 is 24.3 Å². The summed E-state index contributed by atoms with van der Waals surface area (Å²) < 4.78 is 65.1. The van der Waals surface area contributed by atoms with E-state index in [2.05, 4.69) is 15.0 Å². The number of alkyl halides is 6. The zero-order chi connectivity index (χ0) is 25.9. The summed E-state index contributed by atoms with van der Waals surface area (Å²) in [6, 6.07) is -0.910. The molecular weight excluding hydrogens is 498 g/mol. The van der Waals surface area contributed by atoms with Crippen molar-refractivity contribution in [1.82, 2.24) is 19.5 Å². The molecule has 4 atom stereocenters. The topological polar surface area (TPSA) is 211 Å². The van der Waals surface area contributed by atoms with Crippen molar-refractivity contribution in [1.29, 1.82) is 0 Å². The van der Waals surface area contributed by atoms with Crippen molar-refractivity contribution in [2.75, 3.05) is 5.73 Å². The van der Waals surface area contributed by atoms with Gasteiger partial charge in [0.1, 0.15) is 11.6 Å². The highest BCUT2D eigenvalue weighted by molar-refractivity contribution is 6.28. The maximum absolute atomic E-state index is 10.6. The van der Waals surface area contributed by atoms with Crippen molar-refractivity contribution in [3.05, 3.63) is 11.6 Å². The highest BCUT2D eigenvalue weighted by Crippen LogP contribution is 2.32. The first-order valence-corrected chi connectivity index (χ1v) is 8.63. The molecule has 2 heterocycles. The number of carboxylic acid groups (broad SMARTS) is 2. The SMILES string of the molecule is Nc1nc(Cl)nc2c1ncn2[C@@H]1C[C@H](N)[C@@H](O)[C@H]1O.O=C(O)C(F)(F)F.O=C(O)C(F)(F)F. The number of aliphatic hydroxyl groups excluding tert-OH is 2. The number of carbonyl (C=O) groups is 2. The normalized spacial score (nSPS) is 22.7. The third kappa shape index (κ3) is 7.27. The van der Waals surface area contributed by atoms with E-state index in [0.717, 1.165) is 0 Å². The predicted molar refractivity (Wildman–Crippen MR) is 95.8 cm³/mol. The fourth-order valence-corrected chi connectivity index (χ4v) is 2.64. The molecule has 0 saturated heterocycles. The van der Waals surface area contributed by atoms with Crippen LogP contribution in [-0.2, 0) is 9.59 Å². The molecule has 3 rings (SSSR count). The number of rotatable bonds is 1. The van der Waals surface area contributed by atoms with Gasteiger partial charge in [0.15, 0.2) is 11.5 Å². The van der Waals surface area contributed by atoms with Gasteiger partial charge in [-0.05, 0) is 18.0 Å². The van der Waals surface area contributed by atoms with Gasteiger partial charge in [-0.2, -0.15) is 36.3 Å². The van der Waals surface area contributed by atoms with E-state index < -0.39 is 48.6 Å². The quantitative estimate of drug-likeness (QED) is 0.226. The highest BCUT2D eigenvalue weighted by atomic mass is 35.5. The Kier molecular flexibility index (Phi) is 8.78. The number of hydrogen-bond donors (Lipinski definition) is 6. The minimum Gasteiger partial charge on any atom is -0.475 e. The summed E-state index contributed by atoms with van der Waals surface area (Å²) in [4.78, 5) is 29.8. The highest BCUT2D eigenvalue weighted by Gasteiger charge is 2.41. The fraction of sp³-hybridized carbons (Fsp3) is 0.500. The number of nitrogen functional groups attached to an aromatic ring is 1. The third-order valence-corrected chi connectivity index (χ3v) is 4.13. The number of carboxylic acids is 2. The molecule has 12 nitrogen and oxygen atoms in total.